The van der Waals surface area contributed by atoms with Gasteiger partial charge in [0, 0.05) is 0 Å². The molecule has 5 nitrogen and oxygen atoms in total. The fourth-order valence-electron chi connectivity index (χ4n) is 2.13. The van der Waals surface area contributed by atoms with Crippen LogP contribution in [-0.2, 0) is 9.47 Å². The number of ether oxygens (including phenoxy) is 2. The highest BCUT2D eigenvalue weighted by Gasteiger charge is 2.77. The summed E-state index contributed by atoms with van der Waals surface area (Å²) < 4.78 is 10.3. The summed E-state index contributed by atoms with van der Waals surface area (Å²) in [5.41, 5.74) is -0.933. The molecule has 12 heavy (non-hydrogen) atoms. The molecule has 6 unspecified atom stereocenters. The van der Waals surface area contributed by atoms with Gasteiger partial charge < -0.3 is 24.8 Å². The molecule has 3 fully saturated rings. The maximum Gasteiger partial charge on any atom is 0.149 e. The first-order valence-electron chi connectivity index (χ1n) is 4.01. The van der Waals surface area contributed by atoms with Crippen molar-refractivity contribution in [2.45, 2.75) is 36.1 Å². The molecule has 2 heterocycles. The Hall–Kier alpha value is -0.200. The Labute approximate surface area is 68.5 Å². The van der Waals surface area contributed by atoms with Crippen molar-refractivity contribution in [3.05, 3.63) is 0 Å². The van der Waals surface area contributed by atoms with Crippen LogP contribution >= 0.6 is 0 Å². The third-order valence-electron chi connectivity index (χ3n) is 3.04. The second kappa shape index (κ2) is 1.83. The van der Waals surface area contributed by atoms with Gasteiger partial charge in [0.15, 0.2) is 0 Å². The molecule has 1 saturated carbocycles. The Balaban J connectivity index is 1.91. The summed E-state index contributed by atoms with van der Waals surface area (Å²) in [6, 6.07) is 0. The van der Waals surface area contributed by atoms with Crippen LogP contribution in [-0.4, -0.2) is 58.0 Å². The summed E-state index contributed by atoms with van der Waals surface area (Å²) in [5.74, 6) is 0. The van der Waals surface area contributed by atoms with E-state index in [1.807, 2.05) is 0 Å². The second-order valence-electron chi connectivity index (χ2n) is 3.65. The summed E-state index contributed by atoms with van der Waals surface area (Å²) >= 11 is 0. The molecule has 0 aromatic rings. The van der Waals surface area contributed by atoms with Crippen LogP contribution in [0, 0.1) is 0 Å². The Morgan fingerprint density at radius 3 is 2.67 bits per heavy atom. The highest BCUT2D eigenvalue weighted by atomic mass is 16.7. The maximum atomic E-state index is 9.52. The van der Waals surface area contributed by atoms with Crippen molar-refractivity contribution in [1.29, 1.82) is 0 Å². The lowest BCUT2D eigenvalue weighted by Gasteiger charge is -2.24. The molecular weight excluding hydrogens is 164 g/mol. The van der Waals surface area contributed by atoms with Crippen LogP contribution in [0.1, 0.15) is 0 Å². The number of aliphatic hydroxyl groups excluding tert-OH is 3. The average molecular weight is 174 g/mol. The molecule has 2 saturated heterocycles. The van der Waals surface area contributed by atoms with Gasteiger partial charge in [0.05, 0.1) is 6.61 Å². The van der Waals surface area contributed by atoms with E-state index in [1.165, 1.54) is 0 Å². The molecule has 2 aliphatic heterocycles. The van der Waals surface area contributed by atoms with Gasteiger partial charge in [-0.3, -0.25) is 0 Å². The van der Waals surface area contributed by atoms with Gasteiger partial charge in [-0.15, -0.1) is 0 Å². The van der Waals surface area contributed by atoms with Crippen LogP contribution < -0.4 is 0 Å². The number of fused-ring (bicyclic) bond motifs is 3. The third-order valence-corrected chi connectivity index (χ3v) is 3.04. The van der Waals surface area contributed by atoms with Crippen molar-refractivity contribution in [3.8, 4) is 0 Å². The molecule has 0 spiro atoms. The van der Waals surface area contributed by atoms with E-state index in [0.29, 0.717) is 0 Å². The van der Waals surface area contributed by atoms with Crippen LogP contribution in [0.2, 0.25) is 0 Å². The van der Waals surface area contributed by atoms with Crippen molar-refractivity contribution in [1.82, 2.24) is 0 Å². The second-order valence-corrected chi connectivity index (χ2v) is 3.65. The van der Waals surface area contributed by atoms with E-state index in [2.05, 4.69) is 0 Å². The Kier molecular flexibility index (Phi) is 1.10. The fraction of sp³-hybridized carbons (Fsp3) is 1.00. The standard InChI is InChI=1S/C7H10O5/c8-1-7-5(10)2(9)3-4(11-3)6(7)12-7/h2-6,8-10H,1H2. The zero-order valence-electron chi connectivity index (χ0n) is 6.25. The van der Waals surface area contributed by atoms with Gasteiger partial charge in [0.1, 0.15) is 36.1 Å². The molecule has 5 heteroatoms. The molecule has 0 bridgehead atoms. The van der Waals surface area contributed by atoms with Crippen LogP contribution in [0.25, 0.3) is 0 Å². The van der Waals surface area contributed by atoms with E-state index in [0.717, 1.165) is 0 Å². The minimum Gasteiger partial charge on any atom is -0.393 e. The normalized spacial score (nSPS) is 66.8. The summed E-state index contributed by atoms with van der Waals surface area (Å²) in [6.07, 6.45) is -2.55. The minimum absolute atomic E-state index is 0.115. The summed E-state index contributed by atoms with van der Waals surface area (Å²) in [7, 11) is 0. The minimum atomic E-state index is -1.02. The topological polar surface area (TPSA) is 85.8 Å². The predicted octanol–water partition coefficient (Wildman–Crippen LogP) is -2.38. The van der Waals surface area contributed by atoms with Crippen molar-refractivity contribution >= 4 is 0 Å². The fourth-order valence-corrected chi connectivity index (χ4v) is 2.13. The molecule has 3 aliphatic rings. The molecule has 0 radical (unpaired) electrons. The average Bonchev–Trinajstić information content (AvgIpc) is 2.91. The van der Waals surface area contributed by atoms with Crippen molar-refractivity contribution < 1.29 is 24.8 Å². The van der Waals surface area contributed by atoms with E-state index in [9.17, 15) is 10.2 Å². The van der Waals surface area contributed by atoms with E-state index in [-0.39, 0.29) is 24.9 Å². The van der Waals surface area contributed by atoms with E-state index < -0.39 is 17.8 Å². The van der Waals surface area contributed by atoms with Gasteiger partial charge in [0.25, 0.3) is 0 Å². The monoisotopic (exact) mass is 174 g/mol. The number of hydrogen-bond donors (Lipinski definition) is 3. The molecule has 3 N–H and O–H groups in total. The van der Waals surface area contributed by atoms with Crippen molar-refractivity contribution in [2.24, 2.45) is 0 Å². The first-order valence-corrected chi connectivity index (χ1v) is 4.01. The molecule has 0 aromatic heterocycles. The first kappa shape index (κ1) is 7.23. The molecule has 0 aromatic carbocycles. The Morgan fingerprint density at radius 1 is 1.25 bits per heavy atom. The highest BCUT2D eigenvalue weighted by Crippen LogP contribution is 2.55. The number of epoxide rings is 2. The molecule has 3 rings (SSSR count). The van der Waals surface area contributed by atoms with Crippen LogP contribution in [0.3, 0.4) is 0 Å². The van der Waals surface area contributed by atoms with Crippen molar-refractivity contribution in [2.75, 3.05) is 6.61 Å². The molecular formula is C7H10O5. The van der Waals surface area contributed by atoms with Gasteiger partial charge in [0.2, 0.25) is 0 Å². The van der Waals surface area contributed by atoms with Gasteiger partial charge in [-0.2, -0.15) is 0 Å². The summed E-state index contributed by atoms with van der Waals surface area (Å²) in [6.45, 7) is -0.261. The van der Waals surface area contributed by atoms with Gasteiger partial charge in [-0.25, -0.2) is 0 Å². The zero-order chi connectivity index (χ0) is 8.51. The van der Waals surface area contributed by atoms with E-state index in [4.69, 9.17) is 14.6 Å². The van der Waals surface area contributed by atoms with Crippen LogP contribution in [0.5, 0.6) is 0 Å². The Morgan fingerprint density at radius 2 is 2.00 bits per heavy atom. The lowest BCUT2D eigenvalue weighted by atomic mass is 9.85. The lowest BCUT2D eigenvalue weighted by molar-refractivity contribution is -0.0572. The van der Waals surface area contributed by atoms with Crippen LogP contribution in [0.15, 0.2) is 0 Å². The molecule has 0 amide bonds. The number of rotatable bonds is 1. The van der Waals surface area contributed by atoms with E-state index in [1.54, 1.807) is 0 Å². The predicted molar refractivity (Wildman–Crippen MR) is 35.4 cm³/mol. The smallest absolute Gasteiger partial charge is 0.149 e. The third kappa shape index (κ3) is 0.592. The summed E-state index contributed by atoms with van der Waals surface area (Å²) in [5, 5.41) is 27.9. The largest absolute Gasteiger partial charge is 0.393 e. The van der Waals surface area contributed by atoms with Gasteiger partial charge in [-0.1, -0.05) is 0 Å². The van der Waals surface area contributed by atoms with Gasteiger partial charge in [-0.05, 0) is 0 Å². The van der Waals surface area contributed by atoms with Crippen molar-refractivity contribution in [3.63, 3.8) is 0 Å². The number of hydrogen-bond acceptors (Lipinski definition) is 5. The van der Waals surface area contributed by atoms with Gasteiger partial charge >= 0.3 is 0 Å². The molecule has 68 valence electrons. The molecule has 1 aliphatic carbocycles. The lowest BCUT2D eigenvalue weighted by Crippen LogP contribution is -2.51. The zero-order valence-corrected chi connectivity index (χ0v) is 6.25. The van der Waals surface area contributed by atoms with Crippen LogP contribution in [0.4, 0.5) is 0 Å². The van der Waals surface area contributed by atoms with E-state index >= 15 is 0 Å². The number of aliphatic hydroxyl groups is 3. The highest BCUT2D eigenvalue weighted by molar-refractivity contribution is 5.24. The maximum absolute atomic E-state index is 9.52. The Bertz CT molecular complexity index is 232. The quantitative estimate of drug-likeness (QED) is 0.386. The molecule has 6 atom stereocenters. The SMILES string of the molecule is OCC12OC1C1OC1C(O)C2O. The first-order chi connectivity index (χ1) is 5.70. The summed E-state index contributed by atoms with van der Waals surface area (Å²) in [4.78, 5) is 0.